The van der Waals surface area contributed by atoms with Gasteiger partial charge in [-0.1, -0.05) is 45.6 Å². The molecule has 0 atom stereocenters. The van der Waals surface area contributed by atoms with Crippen molar-refractivity contribution in [3.8, 4) is 12.5 Å². The number of nitrogens with zero attached hydrogens (tertiary/aromatic N) is 1. The number of aryl methyl sites for hydroxylation is 3. The standard InChI is InChI=1S/C20H29N/c1-6-9-11-13-18-14-16(4)20(17(5)21-8-3)15-19(18)12-10-7-2/h3,14-15H,6-7,9-13H2,1-2,4-5H3/b21-17-. The van der Waals surface area contributed by atoms with Crippen LogP contribution in [0.15, 0.2) is 17.1 Å². The van der Waals surface area contributed by atoms with E-state index in [1.165, 1.54) is 60.8 Å². The van der Waals surface area contributed by atoms with Gasteiger partial charge < -0.3 is 0 Å². The Morgan fingerprint density at radius 1 is 1.05 bits per heavy atom. The predicted molar refractivity (Wildman–Crippen MR) is 94.1 cm³/mol. The highest BCUT2D eigenvalue weighted by atomic mass is 14.7. The smallest absolute Gasteiger partial charge is 0.0554 e. The third-order valence-corrected chi connectivity index (χ3v) is 4.02. The van der Waals surface area contributed by atoms with E-state index in [1.807, 2.05) is 6.92 Å². The second-order valence-corrected chi connectivity index (χ2v) is 5.82. The summed E-state index contributed by atoms with van der Waals surface area (Å²) in [7, 11) is 0. The molecule has 0 amide bonds. The molecule has 1 aromatic carbocycles. The first-order valence-electron chi connectivity index (χ1n) is 8.26. The van der Waals surface area contributed by atoms with Crippen LogP contribution in [-0.2, 0) is 12.8 Å². The Morgan fingerprint density at radius 2 is 1.67 bits per heavy atom. The Hall–Kier alpha value is -1.55. The lowest BCUT2D eigenvalue weighted by Crippen LogP contribution is -2.04. The van der Waals surface area contributed by atoms with Crippen LogP contribution in [0.25, 0.3) is 0 Å². The van der Waals surface area contributed by atoms with Crippen LogP contribution < -0.4 is 0 Å². The van der Waals surface area contributed by atoms with Crippen LogP contribution in [0.4, 0.5) is 0 Å². The van der Waals surface area contributed by atoms with Crippen molar-refractivity contribution < 1.29 is 0 Å². The molecule has 1 aromatic rings. The Morgan fingerprint density at radius 3 is 2.29 bits per heavy atom. The molecule has 0 unspecified atom stereocenters. The predicted octanol–water partition coefficient (Wildman–Crippen LogP) is 5.47. The van der Waals surface area contributed by atoms with Gasteiger partial charge in [0.2, 0.25) is 0 Å². The highest BCUT2D eigenvalue weighted by Gasteiger charge is 2.09. The molecule has 114 valence electrons. The van der Waals surface area contributed by atoms with Gasteiger partial charge in [-0.05, 0) is 67.9 Å². The van der Waals surface area contributed by atoms with E-state index in [0.717, 1.165) is 12.1 Å². The van der Waals surface area contributed by atoms with Crippen molar-refractivity contribution >= 4 is 5.71 Å². The molecule has 0 aliphatic heterocycles. The van der Waals surface area contributed by atoms with Gasteiger partial charge in [0, 0.05) is 6.04 Å². The molecule has 0 radical (unpaired) electrons. The maximum Gasteiger partial charge on any atom is 0.0554 e. The minimum atomic E-state index is 0.952. The highest BCUT2D eigenvalue weighted by molar-refractivity contribution is 6.00. The van der Waals surface area contributed by atoms with Crippen molar-refractivity contribution in [2.24, 2.45) is 4.99 Å². The van der Waals surface area contributed by atoms with E-state index in [1.54, 1.807) is 0 Å². The fourth-order valence-corrected chi connectivity index (χ4v) is 2.76. The summed E-state index contributed by atoms with van der Waals surface area (Å²) in [4.78, 5) is 4.13. The average Bonchev–Trinajstić information content (AvgIpc) is 2.46. The maximum absolute atomic E-state index is 5.31. The van der Waals surface area contributed by atoms with Gasteiger partial charge in [-0.2, -0.15) is 0 Å². The molecule has 21 heavy (non-hydrogen) atoms. The zero-order chi connectivity index (χ0) is 15.7. The quantitative estimate of drug-likeness (QED) is 0.341. The largest absolute Gasteiger partial charge is 0.202 e. The monoisotopic (exact) mass is 283 g/mol. The third kappa shape index (κ3) is 5.38. The molecule has 1 rings (SSSR count). The lowest BCUT2D eigenvalue weighted by Gasteiger charge is -2.14. The second kappa shape index (κ2) is 9.40. The van der Waals surface area contributed by atoms with Crippen LogP contribution in [0.5, 0.6) is 0 Å². The summed E-state index contributed by atoms with van der Waals surface area (Å²) < 4.78 is 0. The van der Waals surface area contributed by atoms with Gasteiger partial charge in [0.05, 0.1) is 5.71 Å². The lowest BCUT2D eigenvalue weighted by atomic mass is 9.91. The Kier molecular flexibility index (Phi) is 7.83. The van der Waals surface area contributed by atoms with Gasteiger partial charge in [-0.15, -0.1) is 0 Å². The lowest BCUT2D eigenvalue weighted by molar-refractivity contribution is 0.707. The van der Waals surface area contributed by atoms with Crippen molar-refractivity contribution in [2.75, 3.05) is 0 Å². The molecule has 0 heterocycles. The highest BCUT2D eigenvalue weighted by Crippen LogP contribution is 2.22. The van der Waals surface area contributed by atoms with Crippen molar-refractivity contribution in [2.45, 2.75) is 72.6 Å². The number of hydrogen-bond donors (Lipinski definition) is 0. The van der Waals surface area contributed by atoms with Crippen molar-refractivity contribution in [1.29, 1.82) is 0 Å². The summed E-state index contributed by atoms with van der Waals surface area (Å²) in [6.07, 6.45) is 14.0. The van der Waals surface area contributed by atoms with E-state index in [9.17, 15) is 0 Å². The number of hydrogen-bond acceptors (Lipinski definition) is 1. The molecule has 0 aliphatic rings. The van der Waals surface area contributed by atoms with E-state index < -0.39 is 0 Å². The molecule has 1 nitrogen and oxygen atoms in total. The summed E-state index contributed by atoms with van der Waals surface area (Å²) >= 11 is 0. The van der Waals surface area contributed by atoms with Crippen LogP contribution in [-0.4, -0.2) is 5.71 Å². The van der Waals surface area contributed by atoms with E-state index in [2.05, 4.69) is 43.9 Å². The minimum Gasteiger partial charge on any atom is -0.202 e. The maximum atomic E-state index is 5.31. The van der Waals surface area contributed by atoms with Gasteiger partial charge >= 0.3 is 0 Å². The molecule has 0 bridgehead atoms. The minimum absolute atomic E-state index is 0.952. The van der Waals surface area contributed by atoms with Crippen LogP contribution in [0.2, 0.25) is 0 Å². The van der Waals surface area contributed by atoms with E-state index >= 15 is 0 Å². The molecule has 0 fully saturated rings. The van der Waals surface area contributed by atoms with Gasteiger partial charge in [0.25, 0.3) is 0 Å². The first kappa shape index (κ1) is 17.5. The molecule has 0 N–H and O–H groups in total. The fraction of sp³-hybridized carbons (Fsp3) is 0.550. The molecule has 0 saturated heterocycles. The topological polar surface area (TPSA) is 12.4 Å². The van der Waals surface area contributed by atoms with Crippen LogP contribution >= 0.6 is 0 Å². The summed E-state index contributed by atoms with van der Waals surface area (Å²) in [5.74, 6) is 0. The molecule has 1 heteroatoms. The SMILES string of the molecule is C#C/N=C(/C)c1cc(CCCC)c(CCCCC)cc1C. The molecule has 0 spiro atoms. The van der Waals surface area contributed by atoms with Crippen molar-refractivity contribution in [3.63, 3.8) is 0 Å². The van der Waals surface area contributed by atoms with Crippen LogP contribution in [0.3, 0.4) is 0 Å². The average molecular weight is 283 g/mol. The summed E-state index contributed by atoms with van der Waals surface area (Å²) in [5, 5.41) is 0. The Balaban J connectivity index is 3.10. The molecular weight excluding hydrogens is 254 g/mol. The van der Waals surface area contributed by atoms with Crippen LogP contribution in [0.1, 0.15) is 75.1 Å². The Labute approximate surface area is 130 Å². The summed E-state index contributed by atoms with van der Waals surface area (Å²) in [5.41, 5.74) is 6.45. The van der Waals surface area contributed by atoms with Gasteiger partial charge in [-0.25, -0.2) is 4.99 Å². The zero-order valence-corrected chi connectivity index (χ0v) is 14.1. The van der Waals surface area contributed by atoms with E-state index in [-0.39, 0.29) is 0 Å². The number of aliphatic imine (C=N–C) groups is 1. The van der Waals surface area contributed by atoms with Crippen molar-refractivity contribution in [1.82, 2.24) is 0 Å². The van der Waals surface area contributed by atoms with E-state index in [0.29, 0.717) is 0 Å². The third-order valence-electron chi connectivity index (χ3n) is 4.02. The molecule has 0 aliphatic carbocycles. The molecule has 0 saturated carbocycles. The van der Waals surface area contributed by atoms with Gasteiger partial charge in [0.1, 0.15) is 0 Å². The summed E-state index contributed by atoms with van der Waals surface area (Å²) in [6.45, 7) is 8.67. The number of rotatable bonds is 8. The van der Waals surface area contributed by atoms with Gasteiger partial charge in [0.15, 0.2) is 0 Å². The molecule has 0 aromatic heterocycles. The van der Waals surface area contributed by atoms with Crippen molar-refractivity contribution in [3.05, 3.63) is 34.4 Å². The Bertz CT molecular complexity index is 517. The number of terminal acetylenes is 1. The first-order valence-corrected chi connectivity index (χ1v) is 8.26. The molecular formula is C20H29N. The number of benzene rings is 1. The fourth-order valence-electron chi connectivity index (χ4n) is 2.76. The second-order valence-electron chi connectivity index (χ2n) is 5.82. The van der Waals surface area contributed by atoms with E-state index in [4.69, 9.17) is 6.42 Å². The van der Waals surface area contributed by atoms with Crippen LogP contribution in [0, 0.1) is 19.4 Å². The van der Waals surface area contributed by atoms with Gasteiger partial charge in [-0.3, -0.25) is 0 Å². The number of unbranched alkanes of at least 4 members (excludes halogenated alkanes) is 3. The zero-order valence-electron chi connectivity index (χ0n) is 14.1. The first-order chi connectivity index (χ1) is 10.1. The summed E-state index contributed by atoms with van der Waals surface area (Å²) in [6, 6.07) is 7.07. The normalized spacial score (nSPS) is 11.5.